The number of rotatable bonds is 5. The monoisotopic (exact) mass is 342 g/mol. The molecule has 0 spiro atoms. The van der Waals surface area contributed by atoms with Gasteiger partial charge in [-0.1, -0.05) is 65.9 Å². The fourth-order valence-corrected chi connectivity index (χ4v) is 2.87. The van der Waals surface area contributed by atoms with Crippen LogP contribution in [0.15, 0.2) is 78.9 Å². The maximum Gasteiger partial charge on any atom is 0.251 e. The maximum absolute atomic E-state index is 12.4. The van der Waals surface area contributed by atoms with E-state index in [1.54, 1.807) is 6.07 Å². The van der Waals surface area contributed by atoms with Crippen LogP contribution in [0.5, 0.6) is 0 Å². The molecule has 5 nitrogen and oxygen atoms in total. The standard InChI is InChI=1S/C21H18N4O/c26-21(22-14-16-7-3-1-4-8-16)18-11-12-20-19(13-18)23-24-25(20)15-17-9-5-2-6-10-17/h1-13H,14-15H2,(H,22,26). The van der Waals surface area contributed by atoms with E-state index < -0.39 is 0 Å². The SMILES string of the molecule is O=C(NCc1ccccc1)c1ccc2c(c1)nnn2Cc1ccccc1. The molecule has 0 saturated heterocycles. The van der Waals surface area contributed by atoms with Gasteiger partial charge in [-0.25, -0.2) is 4.68 Å². The molecule has 26 heavy (non-hydrogen) atoms. The second-order valence-corrected chi connectivity index (χ2v) is 6.10. The van der Waals surface area contributed by atoms with Crippen LogP contribution in [0.1, 0.15) is 21.5 Å². The van der Waals surface area contributed by atoms with Gasteiger partial charge in [-0.15, -0.1) is 5.10 Å². The zero-order valence-electron chi connectivity index (χ0n) is 14.2. The average molecular weight is 342 g/mol. The molecular weight excluding hydrogens is 324 g/mol. The highest BCUT2D eigenvalue weighted by Crippen LogP contribution is 2.15. The van der Waals surface area contributed by atoms with E-state index in [0.29, 0.717) is 24.2 Å². The second kappa shape index (κ2) is 7.19. The third-order valence-electron chi connectivity index (χ3n) is 4.25. The largest absolute Gasteiger partial charge is 0.348 e. The Kier molecular flexibility index (Phi) is 4.43. The van der Waals surface area contributed by atoms with Gasteiger partial charge in [-0.2, -0.15) is 0 Å². The fraction of sp³-hybridized carbons (Fsp3) is 0.0952. The Bertz CT molecular complexity index is 1030. The van der Waals surface area contributed by atoms with Gasteiger partial charge in [0, 0.05) is 12.1 Å². The maximum atomic E-state index is 12.4. The topological polar surface area (TPSA) is 59.8 Å². The number of carbonyl (C=O) groups is 1. The van der Waals surface area contributed by atoms with Crippen molar-refractivity contribution in [1.82, 2.24) is 20.3 Å². The summed E-state index contributed by atoms with van der Waals surface area (Å²) in [5.74, 6) is -0.117. The summed E-state index contributed by atoms with van der Waals surface area (Å²) in [5, 5.41) is 11.4. The van der Waals surface area contributed by atoms with Crippen LogP contribution in [-0.4, -0.2) is 20.9 Å². The first-order valence-electron chi connectivity index (χ1n) is 8.49. The Labute approximate surface area is 151 Å². The molecule has 5 heteroatoms. The molecule has 3 aromatic carbocycles. The molecule has 128 valence electrons. The second-order valence-electron chi connectivity index (χ2n) is 6.10. The molecule has 1 aromatic heterocycles. The van der Waals surface area contributed by atoms with E-state index in [1.807, 2.05) is 65.3 Å². The summed E-state index contributed by atoms with van der Waals surface area (Å²) in [6.07, 6.45) is 0. The van der Waals surface area contributed by atoms with Gasteiger partial charge >= 0.3 is 0 Å². The van der Waals surface area contributed by atoms with Crippen molar-refractivity contribution < 1.29 is 4.79 Å². The number of benzene rings is 3. The van der Waals surface area contributed by atoms with Gasteiger partial charge in [-0.05, 0) is 29.3 Å². The molecule has 1 heterocycles. The predicted molar refractivity (Wildman–Crippen MR) is 101 cm³/mol. The molecule has 0 fully saturated rings. The quantitative estimate of drug-likeness (QED) is 0.605. The minimum Gasteiger partial charge on any atom is -0.348 e. The predicted octanol–water partition coefficient (Wildman–Crippen LogP) is 3.41. The summed E-state index contributed by atoms with van der Waals surface area (Å²) < 4.78 is 1.84. The van der Waals surface area contributed by atoms with Crippen LogP contribution in [0.4, 0.5) is 0 Å². The highest BCUT2D eigenvalue weighted by Gasteiger charge is 2.10. The Morgan fingerprint density at radius 1 is 0.885 bits per heavy atom. The summed E-state index contributed by atoms with van der Waals surface area (Å²) >= 11 is 0. The highest BCUT2D eigenvalue weighted by atomic mass is 16.1. The van der Waals surface area contributed by atoms with E-state index in [9.17, 15) is 4.79 Å². The van der Waals surface area contributed by atoms with Crippen LogP contribution < -0.4 is 5.32 Å². The van der Waals surface area contributed by atoms with Gasteiger partial charge in [-0.3, -0.25) is 4.79 Å². The minimum absolute atomic E-state index is 0.117. The van der Waals surface area contributed by atoms with Gasteiger partial charge < -0.3 is 5.32 Å². The zero-order chi connectivity index (χ0) is 17.8. The number of carbonyl (C=O) groups excluding carboxylic acids is 1. The van der Waals surface area contributed by atoms with Crippen molar-refractivity contribution in [3.05, 3.63) is 95.6 Å². The van der Waals surface area contributed by atoms with Gasteiger partial charge in [0.05, 0.1) is 12.1 Å². The van der Waals surface area contributed by atoms with Gasteiger partial charge in [0.25, 0.3) is 5.91 Å². The molecule has 1 amide bonds. The van der Waals surface area contributed by atoms with Gasteiger partial charge in [0.15, 0.2) is 0 Å². The molecule has 4 rings (SSSR count). The lowest BCUT2D eigenvalue weighted by Gasteiger charge is -2.06. The summed E-state index contributed by atoms with van der Waals surface area (Å²) in [5.41, 5.74) is 4.43. The van der Waals surface area contributed by atoms with Gasteiger partial charge in [0.2, 0.25) is 0 Å². The smallest absolute Gasteiger partial charge is 0.251 e. The van der Waals surface area contributed by atoms with Crippen molar-refractivity contribution in [3.63, 3.8) is 0 Å². The molecule has 0 bridgehead atoms. The number of aromatic nitrogens is 3. The first-order chi connectivity index (χ1) is 12.8. The van der Waals surface area contributed by atoms with E-state index in [-0.39, 0.29) is 5.91 Å². The lowest BCUT2D eigenvalue weighted by Crippen LogP contribution is -2.22. The molecule has 0 aliphatic carbocycles. The minimum atomic E-state index is -0.117. The van der Waals surface area contributed by atoms with E-state index in [0.717, 1.165) is 16.6 Å². The van der Waals surface area contributed by atoms with Crippen LogP contribution in [0, 0.1) is 0 Å². The van der Waals surface area contributed by atoms with Crippen molar-refractivity contribution in [1.29, 1.82) is 0 Å². The van der Waals surface area contributed by atoms with Gasteiger partial charge in [0.1, 0.15) is 5.52 Å². The van der Waals surface area contributed by atoms with Crippen molar-refractivity contribution in [3.8, 4) is 0 Å². The average Bonchev–Trinajstić information content (AvgIpc) is 3.10. The number of nitrogens with zero attached hydrogens (tertiary/aromatic N) is 3. The molecule has 0 radical (unpaired) electrons. The van der Waals surface area contributed by atoms with Crippen LogP contribution in [-0.2, 0) is 13.1 Å². The molecule has 0 aliphatic rings. The zero-order valence-corrected chi connectivity index (χ0v) is 14.2. The van der Waals surface area contributed by atoms with E-state index >= 15 is 0 Å². The van der Waals surface area contributed by atoms with Crippen molar-refractivity contribution in [2.75, 3.05) is 0 Å². The molecule has 1 N–H and O–H groups in total. The molecule has 0 unspecified atom stereocenters. The molecule has 0 atom stereocenters. The highest BCUT2D eigenvalue weighted by molar-refractivity contribution is 5.97. The van der Waals surface area contributed by atoms with Crippen molar-refractivity contribution in [2.24, 2.45) is 0 Å². The molecular formula is C21H18N4O. The van der Waals surface area contributed by atoms with E-state index in [2.05, 4.69) is 27.8 Å². The number of fused-ring (bicyclic) bond motifs is 1. The van der Waals surface area contributed by atoms with Crippen LogP contribution in [0.2, 0.25) is 0 Å². The third kappa shape index (κ3) is 3.47. The summed E-state index contributed by atoms with van der Waals surface area (Å²) in [7, 11) is 0. The normalized spacial score (nSPS) is 10.8. The Morgan fingerprint density at radius 3 is 2.31 bits per heavy atom. The summed E-state index contributed by atoms with van der Waals surface area (Å²) in [4.78, 5) is 12.4. The molecule has 4 aromatic rings. The van der Waals surface area contributed by atoms with Crippen LogP contribution in [0.3, 0.4) is 0 Å². The number of amides is 1. The Morgan fingerprint density at radius 2 is 1.58 bits per heavy atom. The number of hydrogen-bond acceptors (Lipinski definition) is 3. The Balaban J connectivity index is 1.50. The summed E-state index contributed by atoms with van der Waals surface area (Å²) in [6, 6.07) is 25.4. The lowest BCUT2D eigenvalue weighted by molar-refractivity contribution is 0.0951. The van der Waals surface area contributed by atoms with E-state index in [1.165, 1.54) is 0 Å². The van der Waals surface area contributed by atoms with Crippen LogP contribution >= 0.6 is 0 Å². The van der Waals surface area contributed by atoms with E-state index in [4.69, 9.17) is 0 Å². The Hall–Kier alpha value is -3.47. The first-order valence-corrected chi connectivity index (χ1v) is 8.49. The third-order valence-corrected chi connectivity index (χ3v) is 4.25. The fourth-order valence-electron chi connectivity index (χ4n) is 2.87. The number of hydrogen-bond donors (Lipinski definition) is 1. The van der Waals surface area contributed by atoms with Crippen LogP contribution in [0.25, 0.3) is 11.0 Å². The summed E-state index contributed by atoms with van der Waals surface area (Å²) in [6.45, 7) is 1.15. The number of nitrogens with one attached hydrogen (secondary N) is 1. The lowest BCUT2D eigenvalue weighted by atomic mass is 10.1. The molecule has 0 aliphatic heterocycles. The molecule has 0 saturated carbocycles. The first kappa shape index (κ1) is 16.0. The van der Waals surface area contributed by atoms with Crippen molar-refractivity contribution >= 4 is 16.9 Å². The van der Waals surface area contributed by atoms with Crippen molar-refractivity contribution in [2.45, 2.75) is 13.1 Å².